The van der Waals surface area contributed by atoms with Crippen LogP contribution in [-0.4, -0.2) is 41.2 Å². The second kappa shape index (κ2) is 7.57. The first-order chi connectivity index (χ1) is 11.4. The number of carbonyl (C=O) groups is 3. The fraction of sp³-hybridized carbons (Fsp3) is 0.500. The third-order valence-corrected chi connectivity index (χ3v) is 4.26. The van der Waals surface area contributed by atoms with Gasteiger partial charge in [-0.2, -0.15) is 0 Å². The molecule has 1 aliphatic rings. The summed E-state index contributed by atoms with van der Waals surface area (Å²) in [5.74, 6) is -0.640. The largest absolute Gasteiger partial charge is 0.355 e. The first-order valence-corrected chi connectivity index (χ1v) is 8.41. The molecular weight excluding hydrogens is 306 g/mol. The Morgan fingerprint density at radius 2 is 1.75 bits per heavy atom. The summed E-state index contributed by atoms with van der Waals surface area (Å²) in [6, 6.07) is 6.85. The van der Waals surface area contributed by atoms with Gasteiger partial charge in [-0.05, 0) is 38.3 Å². The Morgan fingerprint density at radius 1 is 1.17 bits per heavy atom. The molecule has 0 fully saturated rings. The topological polar surface area (TPSA) is 92.5 Å². The van der Waals surface area contributed by atoms with Gasteiger partial charge in [0.25, 0.3) is 11.8 Å². The number of unbranched alkanes of at least 4 members (excludes halogenated alkanes) is 1. The standard InChI is InChI=1S/C18H25N3O3/c1-3-10-18(2,19)17(24)20-11-6-7-12-21-15(22)13-8-4-5-9-14(13)16(21)23/h4-5,8-9H,3,6-7,10-12,19H2,1-2H3,(H,20,24). The van der Waals surface area contributed by atoms with E-state index < -0.39 is 5.54 Å². The highest BCUT2D eigenvalue weighted by Gasteiger charge is 2.34. The number of hydrogen-bond donors (Lipinski definition) is 2. The van der Waals surface area contributed by atoms with E-state index in [1.54, 1.807) is 31.2 Å². The highest BCUT2D eigenvalue weighted by Crippen LogP contribution is 2.22. The van der Waals surface area contributed by atoms with Crippen molar-refractivity contribution in [2.75, 3.05) is 13.1 Å². The number of nitrogens with one attached hydrogen (secondary N) is 1. The van der Waals surface area contributed by atoms with Crippen molar-refractivity contribution in [3.63, 3.8) is 0 Å². The van der Waals surface area contributed by atoms with Gasteiger partial charge in [0, 0.05) is 13.1 Å². The van der Waals surface area contributed by atoms with E-state index in [-0.39, 0.29) is 17.7 Å². The van der Waals surface area contributed by atoms with Gasteiger partial charge in [-0.1, -0.05) is 25.5 Å². The molecule has 0 spiro atoms. The summed E-state index contributed by atoms with van der Waals surface area (Å²) in [4.78, 5) is 37.6. The van der Waals surface area contributed by atoms with E-state index in [2.05, 4.69) is 5.32 Å². The maximum absolute atomic E-state index is 12.2. The normalized spacial score (nSPS) is 16.0. The van der Waals surface area contributed by atoms with Gasteiger partial charge < -0.3 is 11.1 Å². The summed E-state index contributed by atoms with van der Waals surface area (Å²) >= 11 is 0. The van der Waals surface area contributed by atoms with Crippen molar-refractivity contribution in [3.05, 3.63) is 35.4 Å². The van der Waals surface area contributed by atoms with Crippen LogP contribution in [0.15, 0.2) is 24.3 Å². The Kier molecular flexibility index (Phi) is 5.72. The molecule has 1 aromatic rings. The predicted octanol–water partition coefficient (Wildman–Crippen LogP) is 1.70. The Labute approximate surface area is 142 Å². The number of nitrogens with zero attached hydrogens (tertiary/aromatic N) is 1. The average Bonchev–Trinajstić information content (AvgIpc) is 2.79. The summed E-state index contributed by atoms with van der Waals surface area (Å²) in [7, 11) is 0. The Balaban J connectivity index is 1.75. The lowest BCUT2D eigenvalue weighted by Gasteiger charge is -2.22. The number of hydrogen-bond acceptors (Lipinski definition) is 4. The maximum Gasteiger partial charge on any atom is 0.261 e. The molecule has 1 aromatic carbocycles. The predicted molar refractivity (Wildman–Crippen MR) is 91.6 cm³/mol. The van der Waals surface area contributed by atoms with E-state index in [9.17, 15) is 14.4 Å². The van der Waals surface area contributed by atoms with Crippen molar-refractivity contribution < 1.29 is 14.4 Å². The molecule has 0 aromatic heterocycles. The van der Waals surface area contributed by atoms with E-state index in [4.69, 9.17) is 5.73 Å². The number of benzene rings is 1. The minimum absolute atomic E-state index is 0.162. The second-order valence-corrected chi connectivity index (χ2v) is 6.44. The first kappa shape index (κ1) is 18.1. The summed E-state index contributed by atoms with van der Waals surface area (Å²) in [5, 5.41) is 2.82. The van der Waals surface area contributed by atoms with Crippen LogP contribution in [0.4, 0.5) is 0 Å². The van der Waals surface area contributed by atoms with Gasteiger partial charge >= 0.3 is 0 Å². The molecule has 6 heteroatoms. The lowest BCUT2D eigenvalue weighted by molar-refractivity contribution is -0.126. The van der Waals surface area contributed by atoms with Crippen LogP contribution in [0.1, 0.15) is 60.2 Å². The Hall–Kier alpha value is -2.21. The van der Waals surface area contributed by atoms with Gasteiger partial charge in [0.05, 0.1) is 16.7 Å². The first-order valence-electron chi connectivity index (χ1n) is 8.41. The summed E-state index contributed by atoms with van der Waals surface area (Å²) in [5.41, 5.74) is 6.04. The van der Waals surface area contributed by atoms with Gasteiger partial charge in [-0.25, -0.2) is 0 Å². The molecule has 2 rings (SSSR count). The minimum atomic E-state index is -0.850. The number of fused-ring (bicyclic) bond motifs is 1. The number of rotatable bonds is 8. The summed E-state index contributed by atoms with van der Waals surface area (Å²) < 4.78 is 0. The molecule has 0 aliphatic carbocycles. The zero-order valence-corrected chi connectivity index (χ0v) is 14.3. The van der Waals surface area contributed by atoms with Crippen molar-refractivity contribution in [3.8, 4) is 0 Å². The van der Waals surface area contributed by atoms with Gasteiger partial charge in [-0.3, -0.25) is 19.3 Å². The molecule has 1 aliphatic heterocycles. The molecule has 24 heavy (non-hydrogen) atoms. The van der Waals surface area contributed by atoms with Gasteiger partial charge in [-0.15, -0.1) is 0 Å². The highest BCUT2D eigenvalue weighted by molar-refractivity contribution is 6.21. The summed E-state index contributed by atoms with van der Waals surface area (Å²) in [6.07, 6.45) is 2.80. The number of carbonyl (C=O) groups excluding carboxylic acids is 3. The Bertz CT molecular complexity index is 605. The molecule has 0 saturated carbocycles. The van der Waals surface area contributed by atoms with Crippen LogP contribution in [0.25, 0.3) is 0 Å². The number of nitrogens with two attached hydrogens (primary N) is 1. The van der Waals surface area contributed by atoms with E-state index in [1.807, 2.05) is 6.92 Å². The van der Waals surface area contributed by atoms with E-state index >= 15 is 0 Å². The lowest BCUT2D eigenvalue weighted by atomic mass is 9.96. The van der Waals surface area contributed by atoms with Crippen molar-refractivity contribution in [1.29, 1.82) is 0 Å². The van der Waals surface area contributed by atoms with Crippen LogP contribution in [0.3, 0.4) is 0 Å². The molecule has 3 N–H and O–H groups in total. The van der Waals surface area contributed by atoms with Crippen molar-refractivity contribution in [2.45, 2.75) is 45.1 Å². The fourth-order valence-corrected chi connectivity index (χ4v) is 2.87. The third-order valence-electron chi connectivity index (χ3n) is 4.26. The molecule has 1 atom stereocenters. The van der Waals surface area contributed by atoms with Gasteiger partial charge in [0.15, 0.2) is 0 Å². The van der Waals surface area contributed by atoms with E-state index in [1.165, 1.54) is 4.90 Å². The van der Waals surface area contributed by atoms with Crippen molar-refractivity contribution >= 4 is 17.7 Å². The number of amides is 3. The SMILES string of the molecule is CCCC(C)(N)C(=O)NCCCCN1C(=O)c2ccccc2C1=O. The van der Waals surface area contributed by atoms with Crippen molar-refractivity contribution in [1.82, 2.24) is 10.2 Å². The molecule has 6 nitrogen and oxygen atoms in total. The maximum atomic E-state index is 12.2. The lowest BCUT2D eigenvalue weighted by Crippen LogP contribution is -2.51. The molecule has 1 unspecified atom stereocenters. The zero-order valence-electron chi connectivity index (χ0n) is 14.3. The van der Waals surface area contributed by atoms with Crippen LogP contribution in [0.5, 0.6) is 0 Å². The van der Waals surface area contributed by atoms with Crippen LogP contribution in [0, 0.1) is 0 Å². The molecule has 0 saturated heterocycles. The zero-order chi connectivity index (χ0) is 17.7. The van der Waals surface area contributed by atoms with E-state index in [0.29, 0.717) is 43.5 Å². The monoisotopic (exact) mass is 331 g/mol. The average molecular weight is 331 g/mol. The van der Waals surface area contributed by atoms with Crippen LogP contribution in [-0.2, 0) is 4.79 Å². The number of imide groups is 1. The van der Waals surface area contributed by atoms with Crippen LogP contribution >= 0.6 is 0 Å². The molecule has 130 valence electrons. The summed E-state index contributed by atoms with van der Waals surface area (Å²) in [6.45, 7) is 4.56. The highest BCUT2D eigenvalue weighted by atomic mass is 16.2. The van der Waals surface area contributed by atoms with Crippen molar-refractivity contribution in [2.24, 2.45) is 5.73 Å². The smallest absolute Gasteiger partial charge is 0.261 e. The molecule has 1 heterocycles. The van der Waals surface area contributed by atoms with Crippen LogP contribution in [0.2, 0.25) is 0 Å². The molecule has 0 bridgehead atoms. The fourth-order valence-electron chi connectivity index (χ4n) is 2.87. The van der Waals surface area contributed by atoms with Gasteiger partial charge in [0.2, 0.25) is 5.91 Å². The molecule has 0 radical (unpaired) electrons. The quantitative estimate of drug-likeness (QED) is 0.560. The Morgan fingerprint density at radius 3 is 2.29 bits per heavy atom. The van der Waals surface area contributed by atoms with Crippen LogP contribution < -0.4 is 11.1 Å². The van der Waals surface area contributed by atoms with Gasteiger partial charge in [0.1, 0.15) is 0 Å². The minimum Gasteiger partial charge on any atom is -0.355 e. The molecule has 3 amide bonds. The second-order valence-electron chi connectivity index (χ2n) is 6.44. The molecular formula is C18H25N3O3. The third kappa shape index (κ3) is 3.82. The van der Waals surface area contributed by atoms with E-state index in [0.717, 1.165) is 6.42 Å².